The van der Waals surface area contributed by atoms with Crippen LogP contribution in [0.5, 0.6) is 5.75 Å². The summed E-state index contributed by atoms with van der Waals surface area (Å²) in [6.07, 6.45) is 2.43. The number of hydrogen-bond acceptors (Lipinski definition) is 5. The first-order chi connectivity index (χ1) is 12.6. The molecule has 26 heavy (non-hydrogen) atoms. The maximum atomic E-state index is 13.2. The van der Waals surface area contributed by atoms with Gasteiger partial charge in [0, 0.05) is 37.1 Å². The molecule has 2 amide bonds. The number of amides is 2. The summed E-state index contributed by atoms with van der Waals surface area (Å²) in [6.45, 7) is 0.988. The number of likely N-dealkylation sites (tertiary alicyclic amines) is 1. The quantitative estimate of drug-likeness (QED) is 0.882. The Morgan fingerprint density at radius 2 is 2.04 bits per heavy atom. The van der Waals surface area contributed by atoms with E-state index in [4.69, 9.17) is 9.26 Å². The van der Waals surface area contributed by atoms with Gasteiger partial charge >= 0.3 is 6.03 Å². The molecule has 2 fully saturated rings. The average Bonchev–Trinajstić information content (AvgIpc) is 3.15. The Bertz CT molecular complexity index is 789. The van der Waals surface area contributed by atoms with Crippen LogP contribution in [0.25, 0.3) is 0 Å². The molecule has 2 aromatic rings. The zero-order chi connectivity index (χ0) is 18.1. The lowest BCUT2D eigenvalue weighted by molar-refractivity contribution is 0.185. The molecule has 1 aliphatic carbocycles. The number of carbonyl (C=O) groups is 1. The Morgan fingerprint density at radius 3 is 2.77 bits per heavy atom. The maximum absolute atomic E-state index is 13.2. The second kappa shape index (κ2) is 6.89. The van der Waals surface area contributed by atoms with Crippen LogP contribution >= 0.6 is 0 Å². The van der Waals surface area contributed by atoms with E-state index in [-0.39, 0.29) is 24.4 Å². The summed E-state index contributed by atoms with van der Waals surface area (Å²) in [6, 6.07) is 2.76. The van der Waals surface area contributed by atoms with E-state index in [1.165, 1.54) is 0 Å². The maximum Gasteiger partial charge on any atom is 0.317 e. The molecule has 1 aromatic heterocycles. The second-order valence-corrected chi connectivity index (χ2v) is 6.56. The van der Waals surface area contributed by atoms with E-state index >= 15 is 0 Å². The van der Waals surface area contributed by atoms with E-state index in [1.807, 2.05) is 0 Å². The monoisotopic (exact) mass is 364 g/mol. The van der Waals surface area contributed by atoms with Gasteiger partial charge < -0.3 is 19.5 Å². The van der Waals surface area contributed by atoms with Gasteiger partial charge in [0.15, 0.2) is 5.82 Å². The third-order valence-corrected chi connectivity index (χ3v) is 4.39. The molecule has 4 rings (SSSR count). The van der Waals surface area contributed by atoms with E-state index in [2.05, 4.69) is 15.5 Å². The van der Waals surface area contributed by atoms with E-state index in [1.54, 1.807) is 4.90 Å². The lowest BCUT2D eigenvalue weighted by Gasteiger charge is -2.17. The van der Waals surface area contributed by atoms with Crippen molar-refractivity contribution in [2.45, 2.75) is 37.8 Å². The topological polar surface area (TPSA) is 80.5 Å². The molecule has 1 atom stereocenters. The first-order valence-corrected chi connectivity index (χ1v) is 8.55. The summed E-state index contributed by atoms with van der Waals surface area (Å²) in [5.41, 5.74) is 0. The van der Waals surface area contributed by atoms with Crippen LogP contribution < -0.4 is 10.1 Å². The molecule has 0 bridgehead atoms. The molecule has 1 saturated carbocycles. The Labute approximate surface area is 148 Å². The van der Waals surface area contributed by atoms with Gasteiger partial charge in [-0.15, -0.1) is 0 Å². The zero-order valence-corrected chi connectivity index (χ0v) is 14.0. The summed E-state index contributed by atoms with van der Waals surface area (Å²) in [7, 11) is 0. The van der Waals surface area contributed by atoms with Gasteiger partial charge in [0.1, 0.15) is 23.5 Å². The van der Waals surface area contributed by atoms with Crippen molar-refractivity contribution in [1.82, 2.24) is 20.4 Å². The Kier molecular flexibility index (Phi) is 4.44. The van der Waals surface area contributed by atoms with Crippen LogP contribution in [0.4, 0.5) is 13.6 Å². The number of halogens is 2. The molecular weight excluding hydrogens is 346 g/mol. The molecular formula is C17H18F2N4O3. The van der Waals surface area contributed by atoms with Gasteiger partial charge in [0.05, 0.1) is 13.1 Å². The summed E-state index contributed by atoms with van der Waals surface area (Å²) in [5.74, 6) is 0.199. The highest BCUT2D eigenvalue weighted by Crippen LogP contribution is 2.38. The fraction of sp³-hybridized carbons (Fsp3) is 0.471. The minimum Gasteiger partial charge on any atom is -0.488 e. The molecule has 2 heterocycles. The van der Waals surface area contributed by atoms with Crippen molar-refractivity contribution in [2.24, 2.45) is 0 Å². The Hall–Kier alpha value is -2.71. The number of ether oxygens (including phenoxy) is 1. The van der Waals surface area contributed by atoms with Gasteiger partial charge in [-0.3, -0.25) is 0 Å². The fourth-order valence-electron chi connectivity index (χ4n) is 2.91. The number of urea groups is 1. The van der Waals surface area contributed by atoms with Crippen molar-refractivity contribution >= 4 is 6.03 Å². The smallest absolute Gasteiger partial charge is 0.317 e. The molecule has 1 aromatic carbocycles. The van der Waals surface area contributed by atoms with E-state index in [0.717, 1.165) is 31.0 Å². The van der Waals surface area contributed by atoms with Crippen LogP contribution in [0.1, 0.15) is 36.9 Å². The summed E-state index contributed by atoms with van der Waals surface area (Å²) >= 11 is 0. The van der Waals surface area contributed by atoms with Crippen molar-refractivity contribution < 1.29 is 22.8 Å². The molecule has 1 N–H and O–H groups in total. The molecule has 7 nitrogen and oxygen atoms in total. The summed E-state index contributed by atoms with van der Waals surface area (Å²) < 4.78 is 37.1. The first kappa shape index (κ1) is 16.7. The lowest BCUT2D eigenvalue weighted by atomic mass is 10.3. The minimum absolute atomic E-state index is 0.119. The highest BCUT2D eigenvalue weighted by molar-refractivity contribution is 5.74. The van der Waals surface area contributed by atoms with Gasteiger partial charge in [-0.1, -0.05) is 5.16 Å². The predicted molar refractivity (Wildman–Crippen MR) is 85.5 cm³/mol. The Morgan fingerprint density at radius 1 is 1.27 bits per heavy atom. The Balaban J connectivity index is 1.26. The van der Waals surface area contributed by atoms with Crippen molar-refractivity contribution in [3.8, 4) is 5.75 Å². The lowest BCUT2D eigenvalue weighted by Crippen LogP contribution is -2.39. The van der Waals surface area contributed by atoms with E-state index < -0.39 is 11.6 Å². The number of aromatic nitrogens is 2. The van der Waals surface area contributed by atoms with Crippen molar-refractivity contribution in [3.63, 3.8) is 0 Å². The molecule has 2 aliphatic rings. The van der Waals surface area contributed by atoms with Gasteiger partial charge in [0.25, 0.3) is 0 Å². The van der Waals surface area contributed by atoms with Crippen molar-refractivity contribution in [3.05, 3.63) is 41.5 Å². The number of nitrogens with one attached hydrogen (secondary N) is 1. The van der Waals surface area contributed by atoms with Gasteiger partial charge in [0.2, 0.25) is 5.89 Å². The van der Waals surface area contributed by atoms with Crippen LogP contribution in [0.15, 0.2) is 22.7 Å². The minimum atomic E-state index is -0.697. The van der Waals surface area contributed by atoms with Crippen molar-refractivity contribution in [1.29, 1.82) is 0 Å². The van der Waals surface area contributed by atoms with Crippen LogP contribution in [0, 0.1) is 11.6 Å². The normalized spacial score (nSPS) is 19.6. The van der Waals surface area contributed by atoms with Crippen LogP contribution in [0.3, 0.4) is 0 Å². The highest BCUT2D eigenvalue weighted by Gasteiger charge is 2.30. The summed E-state index contributed by atoms with van der Waals surface area (Å²) in [5, 5.41) is 6.63. The largest absolute Gasteiger partial charge is 0.488 e. The average molecular weight is 364 g/mol. The first-order valence-electron chi connectivity index (χ1n) is 8.55. The van der Waals surface area contributed by atoms with Crippen LogP contribution in [0.2, 0.25) is 0 Å². The van der Waals surface area contributed by atoms with Crippen molar-refractivity contribution in [2.75, 3.05) is 13.1 Å². The molecule has 1 saturated heterocycles. The zero-order valence-electron chi connectivity index (χ0n) is 14.0. The van der Waals surface area contributed by atoms with Gasteiger partial charge in [-0.25, -0.2) is 13.6 Å². The highest BCUT2D eigenvalue weighted by atomic mass is 19.1. The third kappa shape index (κ3) is 3.92. The number of hydrogen-bond donors (Lipinski definition) is 1. The molecule has 138 valence electrons. The van der Waals surface area contributed by atoms with Gasteiger partial charge in [-0.05, 0) is 12.8 Å². The van der Waals surface area contributed by atoms with E-state index in [9.17, 15) is 13.6 Å². The molecule has 1 unspecified atom stereocenters. The SMILES string of the molecule is O=C(NCc1nc(C2CC2)no1)N1CCC(Oc2cc(F)cc(F)c2)C1. The number of carbonyl (C=O) groups excluding carboxylic acids is 1. The molecule has 0 spiro atoms. The molecule has 0 radical (unpaired) electrons. The second-order valence-electron chi connectivity index (χ2n) is 6.56. The fourth-order valence-corrected chi connectivity index (χ4v) is 2.91. The van der Waals surface area contributed by atoms with Crippen LogP contribution in [-0.4, -0.2) is 40.3 Å². The number of nitrogens with zero attached hydrogens (tertiary/aromatic N) is 3. The number of rotatable bonds is 5. The third-order valence-electron chi connectivity index (χ3n) is 4.39. The molecule has 1 aliphatic heterocycles. The van der Waals surface area contributed by atoms with Crippen LogP contribution in [-0.2, 0) is 6.54 Å². The standard InChI is InChI=1S/C17H18F2N4O3/c18-11-5-12(19)7-14(6-11)25-13-3-4-23(9-13)17(24)20-8-15-21-16(22-26-15)10-1-2-10/h5-7,10,13H,1-4,8-9H2,(H,20,24). The predicted octanol–water partition coefficient (Wildman–Crippen LogP) is 2.59. The van der Waals surface area contributed by atoms with E-state index in [0.29, 0.717) is 37.1 Å². The molecule has 9 heteroatoms. The number of benzene rings is 1. The summed E-state index contributed by atoms with van der Waals surface area (Å²) in [4.78, 5) is 18.1. The van der Waals surface area contributed by atoms with Gasteiger partial charge in [-0.2, -0.15) is 4.98 Å².